The third-order valence-electron chi connectivity index (χ3n) is 4.72. The van der Waals surface area contributed by atoms with Crippen molar-refractivity contribution in [1.82, 2.24) is 35.1 Å². The van der Waals surface area contributed by atoms with Crippen LogP contribution in [0.4, 0.5) is 10.2 Å². The van der Waals surface area contributed by atoms with Gasteiger partial charge in [-0.1, -0.05) is 11.3 Å². The number of H-pyrrole nitrogens is 1. The van der Waals surface area contributed by atoms with Crippen molar-refractivity contribution in [2.24, 2.45) is 0 Å². The van der Waals surface area contributed by atoms with Crippen LogP contribution in [0.1, 0.15) is 0 Å². The van der Waals surface area contributed by atoms with Gasteiger partial charge in [0.25, 0.3) is 0 Å². The summed E-state index contributed by atoms with van der Waals surface area (Å²) in [6.45, 7) is 0.965. The smallest absolute Gasteiger partial charge is 0.137 e. The average Bonchev–Trinajstić information content (AvgIpc) is 3.43. The molecule has 1 aliphatic rings. The van der Waals surface area contributed by atoms with Gasteiger partial charge in [0, 0.05) is 24.8 Å². The largest absolute Gasteiger partial charge is 0.363 e. The summed E-state index contributed by atoms with van der Waals surface area (Å²) in [7, 11) is 0. The van der Waals surface area contributed by atoms with Crippen LogP contribution in [-0.4, -0.2) is 55.1 Å². The minimum absolute atomic E-state index is 0.263. The molecule has 4 aromatic rings. The summed E-state index contributed by atoms with van der Waals surface area (Å²) in [6, 6.07) is 9.33. The van der Waals surface area contributed by atoms with Gasteiger partial charge in [-0.3, -0.25) is 9.50 Å². The van der Waals surface area contributed by atoms with Crippen molar-refractivity contribution in [2.75, 3.05) is 18.4 Å². The molecule has 27 heavy (non-hydrogen) atoms. The summed E-state index contributed by atoms with van der Waals surface area (Å²) in [5.74, 6) is 0.652. The van der Waals surface area contributed by atoms with Gasteiger partial charge in [-0.05, 0) is 24.3 Å². The van der Waals surface area contributed by atoms with Crippen LogP contribution in [-0.2, 0) is 0 Å². The van der Waals surface area contributed by atoms with Crippen LogP contribution in [0.15, 0.2) is 48.9 Å². The lowest BCUT2D eigenvalue weighted by Gasteiger charge is -2.15. The molecule has 4 aromatic heterocycles. The molecule has 0 spiro atoms. The first-order valence-electron chi connectivity index (χ1n) is 8.70. The summed E-state index contributed by atoms with van der Waals surface area (Å²) in [6.07, 6.45) is 4.48. The lowest BCUT2D eigenvalue weighted by Crippen LogP contribution is -2.29. The number of pyridine rings is 2. The maximum absolute atomic E-state index is 13.8. The Hall–Kier alpha value is -3.33. The molecule has 0 amide bonds. The van der Waals surface area contributed by atoms with Gasteiger partial charge in [0.05, 0.1) is 35.5 Å². The number of hydrogen-bond donors (Lipinski definition) is 3. The molecule has 0 unspecified atom stereocenters. The van der Waals surface area contributed by atoms with Crippen LogP contribution in [0.2, 0.25) is 0 Å². The second kappa shape index (κ2) is 6.44. The van der Waals surface area contributed by atoms with E-state index >= 15 is 0 Å². The van der Waals surface area contributed by atoms with Crippen LogP contribution >= 0.6 is 0 Å². The fraction of sp³-hybridized carbons (Fsp3) is 0.222. The van der Waals surface area contributed by atoms with Gasteiger partial charge in [-0.25, -0.2) is 14.4 Å². The van der Waals surface area contributed by atoms with E-state index in [2.05, 4.69) is 36.0 Å². The number of nitrogens with zero attached hydrogens (tertiary/aromatic N) is 5. The SMILES string of the molecule is F[C@H]1CNC[C@@H]1Nc1cccc(-c2cnc3cc(-c4cnn[nH]4)ccn23)n1. The van der Waals surface area contributed by atoms with Crippen LogP contribution in [0.3, 0.4) is 0 Å². The van der Waals surface area contributed by atoms with Crippen molar-refractivity contribution < 1.29 is 4.39 Å². The highest BCUT2D eigenvalue weighted by atomic mass is 19.1. The van der Waals surface area contributed by atoms with E-state index in [0.29, 0.717) is 18.9 Å². The summed E-state index contributed by atoms with van der Waals surface area (Å²) in [5.41, 5.74) is 4.21. The van der Waals surface area contributed by atoms with E-state index < -0.39 is 6.17 Å². The van der Waals surface area contributed by atoms with Gasteiger partial charge in [-0.15, -0.1) is 5.10 Å². The Kier molecular flexibility index (Phi) is 3.79. The summed E-state index contributed by atoms with van der Waals surface area (Å²) < 4.78 is 15.8. The van der Waals surface area contributed by atoms with Gasteiger partial charge >= 0.3 is 0 Å². The highest BCUT2D eigenvalue weighted by Gasteiger charge is 2.26. The van der Waals surface area contributed by atoms with Crippen molar-refractivity contribution in [3.63, 3.8) is 0 Å². The van der Waals surface area contributed by atoms with Crippen molar-refractivity contribution in [3.8, 4) is 22.6 Å². The number of aromatic amines is 1. The van der Waals surface area contributed by atoms with E-state index in [1.807, 2.05) is 40.9 Å². The zero-order chi connectivity index (χ0) is 18.2. The highest BCUT2D eigenvalue weighted by molar-refractivity contribution is 5.67. The zero-order valence-corrected chi connectivity index (χ0v) is 14.3. The molecule has 0 saturated carbocycles. The Bertz CT molecular complexity index is 1070. The van der Waals surface area contributed by atoms with Crippen LogP contribution < -0.4 is 10.6 Å². The molecule has 0 aliphatic carbocycles. The lowest BCUT2D eigenvalue weighted by atomic mass is 10.2. The van der Waals surface area contributed by atoms with Crippen LogP contribution in [0.25, 0.3) is 28.3 Å². The number of halogens is 1. The number of imidazole rings is 1. The van der Waals surface area contributed by atoms with E-state index in [1.54, 1.807) is 12.4 Å². The maximum atomic E-state index is 13.8. The molecule has 5 rings (SSSR count). The second-order valence-electron chi connectivity index (χ2n) is 6.49. The molecule has 5 heterocycles. The first kappa shape index (κ1) is 15.9. The van der Waals surface area contributed by atoms with Gasteiger partial charge in [-0.2, -0.15) is 0 Å². The molecule has 136 valence electrons. The molecule has 1 aliphatic heterocycles. The normalized spacial score (nSPS) is 19.6. The second-order valence-corrected chi connectivity index (χ2v) is 6.49. The zero-order valence-electron chi connectivity index (χ0n) is 14.3. The molecule has 1 saturated heterocycles. The van der Waals surface area contributed by atoms with Gasteiger partial charge in [0.2, 0.25) is 0 Å². The van der Waals surface area contributed by atoms with Crippen molar-refractivity contribution in [2.45, 2.75) is 12.2 Å². The topological polar surface area (TPSA) is 95.8 Å². The molecule has 1 fully saturated rings. The molecule has 0 aromatic carbocycles. The Labute approximate surface area is 153 Å². The Morgan fingerprint density at radius 2 is 2.15 bits per heavy atom. The number of rotatable bonds is 4. The molecule has 0 bridgehead atoms. The summed E-state index contributed by atoms with van der Waals surface area (Å²) in [5, 5.41) is 16.6. The molecular formula is C18H17FN8. The predicted octanol–water partition coefficient (Wildman–Crippen LogP) is 1.90. The lowest BCUT2D eigenvalue weighted by molar-refractivity contribution is 0.342. The number of hydrogen-bond acceptors (Lipinski definition) is 6. The van der Waals surface area contributed by atoms with Crippen molar-refractivity contribution >= 4 is 11.5 Å². The molecule has 2 atom stereocenters. The van der Waals surface area contributed by atoms with E-state index in [1.165, 1.54) is 0 Å². The minimum Gasteiger partial charge on any atom is -0.363 e. The highest BCUT2D eigenvalue weighted by Crippen LogP contribution is 2.24. The predicted molar refractivity (Wildman–Crippen MR) is 99.0 cm³/mol. The van der Waals surface area contributed by atoms with Gasteiger partial charge in [0.15, 0.2) is 0 Å². The maximum Gasteiger partial charge on any atom is 0.137 e. The van der Waals surface area contributed by atoms with Crippen molar-refractivity contribution in [1.29, 1.82) is 0 Å². The molecule has 0 radical (unpaired) electrons. The minimum atomic E-state index is -0.915. The van der Waals surface area contributed by atoms with E-state index in [9.17, 15) is 4.39 Å². The van der Waals surface area contributed by atoms with E-state index in [-0.39, 0.29) is 6.04 Å². The fourth-order valence-electron chi connectivity index (χ4n) is 3.31. The van der Waals surface area contributed by atoms with Crippen LogP contribution in [0, 0.1) is 0 Å². The third kappa shape index (κ3) is 2.91. The first-order chi connectivity index (χ1) is 13.3. The molecule has 3 N–H and O–H groups in total. The number of alkyl halides is 1. The standard InChI is InChI=1S/C18H17FN8/c19-12-7-20-8-15(12)24-17-3-1-2-13(23-17)16-10-21-18-6-11(4-5-27(16)18)14-9-22-26-25-14/h1-6,9-10,12,15,20H,7-8H2,(H,23,24)(H,22,25,26)/t12-,15-/m0/s1. The Morgan fingerprint density at radius 3 is 2.96 bits per heavy atom. The average molecular weight is 364 g/mol. The quantitative estimate of drug-likeness (QED) is 0.512. The van der Waals surface area contributed by atoms with Gasteiger partial charge < -0.3 is 10.6 Å². The molecular weight excluding hydrogens is 347 g/mol. The Balaban J connectivity index is 1.47. The van der Waals surface area contributed by atoms with Gasteiger partial charge in [0.1, 0.15) is 17.6 Å². The fourth-order valence-corrected chi connectivity index (χ4v) is 3.31. The summed E-state index contributed by atoms with van der Waals surface area (Å²) >= 11 is 0. The van der Waals surface area contributed by atoms with E-state index in [4.69, 9.17) is 0 Å². The van der Waals surface area contributed by atoms with E-state index in [0.717, 1.165) is 28.3 Å². The monoisotopic (exact) mass is 364 g/mol. The van der Waals surface area contributed by atoms with Crippen LogP contribution in [0.5, 0.6) is 0 Å². The number of anilines is 1. The number of aromatic nitrogens is 6. The third-order valence-corrected chi connectivity index (χ3v) is 4.72. The molecule has 9 heteroatoms. The number of fused-ring (bicyclic) bond motifs is 1. The summed E-state index contributed by atoms with van der Waals surface area (Å²) in [4.78, 5) is 9.13. The van der Waals surface area contributed by atoms with Crippen molar-refractivity contribution in [3.05, 3.63) is 48.9 Å². The first-order valence-corrected chi connectivity index (χ1v) is 8.70. The Morgan fingerprint density at radius 1 is 1.19 bits per heavy atom. The molecule has 8 nitrogen and oxygen atoms in total. The number of nitrogens with one attached hydrogen (secondary N) is 3.